The Morgan fingerprint density at radius 3 is 2.62 bits per heavy atom. The number of thiophene rings is 1. The van der Waals surface area contributed by atoms with Crippen LogP contribution in [0, 0.1) is 0 Å². The number of hydrogen-bond acceptors (Lipinski definition) is 5. The molecule has 1 fully saturated rings. The first-order chi connectivity index (χ1) is 14.2. The van der Waals surface area contributed by atoms with E-state index in [0.29, 0.717) is 17.1 Å². The third-order valence-electron chi connectivity index (χ3n) is 4.97. The monoisotopic (exact) mass is 415 g/mol. The van der Waals surface area contributed by atoms with Gasteiger partial charge in [-0.1, -0.05) is 30.3 Å². The van der Waals surface area contributed by atoms with Gasteiger partial charge in [-0.15, -0.1) is 11.3 Å². The van der Waals surface area contributed by atoms with Crippen LogP contribution in [-0.2, 0) is 4.74 Å². The summed E-state index contributed by atoms with van der Waals surface area (Å²) in [6.07, 6.45) is 4.62. The van der Waals surface area contributed by atoms with E-state index in [0.717, 1.165) is 30.5 Å². The summed E-state index contributed by atoms with van der Waals surface area (Å²) in [7, 11) is 0. The van der Waals surface area contributed by atoms with Crippen molar-refractivity contribution in [1.82, 2.24) is 10.2 Å². The molecule has 29 heavy (non-hydrogen) atoms. The zero-order valence-electron chi connectivity index (χ0n) is 16.9. The Labute approximate surface area is 176 Å². The molecular formula is C22H29N3O3S. The molecule has 0 bridgehead atoms. The van der Waals surface area contributed by atoms with E-state index in [1.165, 1.54) is 37.3 Å². The molecule has 1 aromatic carbocycles. The molecule has 2 N–H and O–H groups in total. The van der Waals surface area contributed by atoms with E-state index < -0.39 is 5.97 Å². The van der Waals surface area contributed by atoms with Crippen molar-refractivity contribution in [1.29, 1.82) is 0 Å². The Bertz CT molecular complexity index is 801. The molecule has 1 saturated heterocycles. The van der Waals surface area contributed by atoms with Crippen LogP contribution in [0.3, 0.4) is 0 Å². The molecule has 1 aliphatic rings. The van der Waals surface area contributed by atoms with Crippen LogP contribution < -0.4 is 10.6 Å². The molecule has 3 rings (SSSR count). The number of unbranched alkanes of at least 4 members (excludes halogenated alkanes) is 1. The van der Waals surface area contributed by atoms with Gasteiger partial charge < -0.3 is 15.0 Å². The van der Waals surface area contributed by atoms with Crippen LogP contribution in [0.2, 0.25) is 0 Å². The van der Waals surface area contributed by atoms with Crippen LogP contribution in [0.15, 0.2) is 35.7 Å². The van der Waals surface area contributed by atoms with Gasteiger partial charge >= 0.3 is 12.0 Å². The molecule has 0 spiro atoms. The van der Waals surface area contributed by atoms with Gasteiger partial charge in [0, 0.05) is 17.5 Å². The quantitative estimate of drug-likeness (QED) is 0.464. The largest absolute Gasteiger partial charge is 0.462 e. The van der Waals surface area contributed by atoms with Crippen LogP contribution in [0.4, 0.5) is 9.80 Å². The average molecular weight is 416 g/mol. The predicted octanol–water partition coefficient (Wildman–Crippen LogP) is 4.59. The Balaban J connectivity index is 1.57. The van der Waals surface area contributed by atoms with E-state index in [1.54, 1.807) is 6.92 Å². The first-order valence-electron chi connectivity index (χ1n) is 10.3. The summed E-state index contributed by atoms with van der Waals surface area (Å²) in [4.78, 5) is 27.3. The number of carbonyl (C=O) groups is 2. The lowest BCUT2D eigenvalue weighted by Gasteiger charge is -2.14. The van der Waals surface area contributed by atoms with Crippen LogP contribution in [-0.4, -0.2) is 49.7 Å². The SMILES string of the molecule is CCOC(=O)c1c(-c2ccccc2)csc1NC(=O)NCCCCN1CCCC1. The Morgan fingerprint density at radius 2 is 1.90 bits per heavy atom. The first kappa shape index (κ1) is 21.3. The molecule has 0 atom stereocenters. The second-order valence-electron chi connectivity index (χ2n) is 7.08. The van der Waals surface area contributed by atoms with Crippen molar-refractivity contribution in [3.8, 4) is 11.1 Å². The molecule has 0 unspecified atom stereocenters. The van der Waals surface area contributed by atoms with Gasteiger partial charge in [-0.3, -0.25) is 5.32 Å². The average Bonchev–Trinajstić information content (AvgIpc) is 3.38. The highest BCUT2D eigenvalue weighted by Crippen LogP contribution is 2.36. The molecule has 7 heteroatoms. The molecule has 6 nitrogen and oxygen atoms in total. The van der Waals surface area contributed by atoms with Crippen molar-refractivity contribution >= 4 is 28.3 Å². The summed E-state index contributed by atoms with van der Waals surface area (Å²) in [6, 6.07) is 9.35. The van der Waals surface area contributed by atoms with Gasteiger partial charge in [-0.05, 0) is 57.8 Å². The van der Waals surface area contributed by atoms with Crippen molar-refractivity contribution in [3.63, 3.8) is 0 Å². The molecule has 0 saturated carbocycles. The number of hydrogen-bond donors (Lipinski definition) is 2. The maximum absolute atomic E-state index is 12.5. The summed E-state index contributed by atoms with van der Waals surface area (Å²) in [6.45, 7) is 6.17. The Hall–Kier alpha value is -2.38. The topological polar surface area (TPSA) is 70.7 Å². The third kappa shape index (κ3) is 6.05. The lowest BCUT2D eigenvalue weighted by Crippen LogP contribution is -2.30. The summed E-state index contributed by atoms with van der Waals surface area (Å²) < 4.78 is 5.22. The minimum atomic E-state index is -0.423. The van der Waals surface area contributed by atoms with Gasteiger partial charge in [0.05, 0.1) is 6.61 Å². The molecule has 1 aliphatic heterocycles. The van der Waals surface area contributed by atoms with Crippen molar-refractivity contribution in [2.45, 2.75) is 32.6 Å². The third-order valence-corrected chi connectivity index (χ3v) is 5.86. The summed E-state index contributed by atoms with van der Waals surface area (Å²) in [5.41, 5.74) is 2.10. The van der Waals surface area contributed by atoms with Crippen LogP contribution in [0.1, 0.15) is 43.0 Å². The number of urea groups is 1. The molecule has 2 amide bonds. The smallest absolute Gasteiger partial charge is 0.341 e. The number of benzene rings is 1. The van der Waals surface area contributed by atoms with Crippen LogP contribution >= 0.6 is 11.3 Å². The molecule has 2 aromatic rings. The summed E-state index contributed by atoms with van der Waals surface area (Å²) >= 11 is 1.33. The van der Waals surface area contributed by atoms with Crippen molar-refractivity contribution in [2.75, 3.05) is 38.1 Å². The summed E-state index contributed by atoms with van der Waals surface area (Å²) in [5, 5.41) is 8.11. The van der Waals surface area contributed by atoms with E-state index in [2.05, 4.69) is 15.5 Å². The Morgan fingerprint density at radius 1 is 1.14 bits per heavy atom. The molecule has 0 aliphatic carbocycles. The second-order valence-corrected chi connectivity index (χ2v) is 7.96. The number of amides is 2. The highest BCUT2D eigenvalue weighted by atomic mass is 32.1. The highest BCUT2D eigenvalue weighted by Gasteiger charge is 2.22. The van der Waals surface area contributed by atoms with E-state index in [9.17, 15) is 9.59 Å². The molecule has 1 aromatic heterocycles. The number of nitrogens with one attached hydrogen (secondary N) is 2. The number of carbonyl (C=O) groups excluding carboxylic acids is 2. The summed E-state index contributed by atoms with van der Waals surface area (Å²) in [5.74, 6) is -0.423. The Kier molecular flexibility index (Phi) is 8.07. The fourth-order valence-electron chi connectivity index (χ4n) is 3.50. The van der Waals surface area contributed by atoms with Gasteiger partial charge in [0.2, 0.25) is 0 Å². The molecule has 2 heterocycles. The first-order valence-corrected chi connectivity index (χ1v) is 11.2. The van der Waals surface area contributed by atoms with Gasteiger partial charge in [0.15, 0.2) is 0 Å². The van der Waals surface area contributed by atoms with Gasteiger partial charge in [0.25, 0.3) is 0 Å². The van der Waals surface area contributed by atoms with Crippen LogP contribution in [0.25, 0.3) is 11.1 Å². The van der Waals surface area contributed by atoms with Gasteiger partial charge in [-0.25, -0.2) is 9.59 Å². The van der Waals surface area contributed by atoms with Crippen LogP contribution in [0.5, 0.6) is 0 Å². The lowest BCUT2D eigenvalue weighted by atomic mass is 10.0. The molecule has 0 radical (unpaired) electrons. The zero-order valence-corrected chi connectivity index (χ0v) is 17.7. The van der Waals surface area contributed by atoms with Crippen molar-refractivity contribution in [3.05, 3.63) is 41.3 Å². The van der Waals surface area contributed by atoms with Crippen molar-refractivity contribution < 1.29 is 14.3 Å². The number of esters is 1. The molecular weight excluding hydrogens is 386 g/mol. The maximum Gasteiger partial charge on any atom is 0.341 e. The fourth-order valence-corrected chi connectivity index (χ4v) is 4.45. The fraction of sp³-hybridized carbons (Fsp3) is 0.455. The number of rotatable bonds is 9. The van der Waals surface area contributed by atoms with E-state index in [1.807, 2.05) is 35.7 Å². The van der Waals surface area contributed by atoms with Gasteiger partial charge in [0.1, 0.15) is 10.6 Å². The lowest BCUT2D eigenvalue weighted by molar-refractivity contribution is 0.0529. The minimum absolute atomic E-state index is 0.283. The number of likely N-dealkylation sites (tertiary alicyclic amines) is 1. The number of anilines is 1. The van der Waals surface area contributed by atoms with Gasteiger partial charge in [-0.2, -0.15) is 0 Å². The number of nitrogens with zero attached hydrogens (tertiary/aromatic N) is 1. The van der Waals surface area contributed by atoms with E-state index in [4.69, 9.17) is 4.74 Å². The second kappa shape index (κ2) is 11.0. The number of ether oxygens (including phenoxy) is 1. The zero-order chi connectivity index (χ0) is 20.5. The standard InChI is InChI=1S/C22H29N3O3S/c1-2-28-21(26)19-18(17-10-4-3-5-11-17)16-29-20(19)24-22(27)23-12-6-7-13-25-14-8-9-15-25/h3-5,10-11,16H,2,6-9,12-15H2,1H3,(H2,23,24,27). The van der Waals surface area contributed by atoms with Crippen molar-refractivity contribution in [2.24, 2.45) is 0 Å². The highest BCUT2D eigenvalue weighted by molar-refractivity contribution is 7.15. The molecule has 156 valence electrons. The predicted molar refractivity (Wildman–Crippen MR) is 118 cm³/mol. The maximum atomic E-state index is 12.5. The minimum Gasteiger partial charge on any atom is -0.462 e. The van der Waals surface area contributed by atoms with E-state index in [-0.39, 0.29) is 12.6 Å². The van der Waals surface area contributed by atoms with E-state index >= 15 is 0 Å². The normalized spacial score (nSPS) is 14.0.